The second-order valence-electron chi connectivity index (χ2n) is 6.68. The van der Waals surface area contributed by atoms with Crippen LogP contribution in [0.2, 0.25) is 0 Å². The van der Waals surface area contributed by atoms with Gasteiger partial charge in [-0.25, -0.2) is 8.42 Å². The zero-order valence-electron chi connectivity index (χ0n) is 16.9. The predicted molar refractivity (Wildman–Crippen MR) is 102 cm³/mol. The first-order valence-corrected chi connectivity index (χ1v) is 11.1. The minimum atomic E-state index is -4.31. The Kier molecular flexibility index (Phi) is 14.0. The Hall–Kier alpha value is -0.0700. The van der Waals surface area contributed by atoms with Crippen molar-refractivity contribution in [1.82, 2.24) is 0 Å². The van der Waals surface area contributed by atoms with E-state index in [9.17, 15) is 13.0 Å². The third-order valence-corrected chi connectivity index (χ3v) is 5.86. The standard InChI is InChI=1S/C20H34O4S.Na/c1-4-7-9-11-17-13-14-19(15-18(17)12-10-8-5-2)24-16-20(6-3)25(21,22)23;/h13-15,20H,4-12,16H2,1-3H3,(H,21,22,23);/q;+1/p-1. The topological polar surface area (TPSA) is 66.4 Å². The predicted octanol–water partition coefficient (Wildman–Crippen LogP) is 1.86. The van der Waals surface area contributed by atoms with Gasteiger partial charge >= 0.3 is 29.6 Å². The molecular formula is C20H33NaO4S. The number of hydrogen-bond donors (Lipinski definition) is 0. The molecule has 0 heterocycles. The van der Waals surface area contributed by atoms with Gasteiger partial charge in [0, 0.05) is 0 Å². The van der Waals surface area contributed by atoms with Gasteiger partial charge in [0.1, 0.15) is 22.5 Å². The number of hydrogen-bond acceptors (Lipinski definition) is 4. The summed E-state index contributed by atoms with van der Waals surface area (Å²) in [7, 11) is -4.31. The molecule has 0 spiro atoms. The van der Waals surface area contributed by atoms with Crippen LogP contribution in [-0.2, 0) is 23.0 Å². The van der Waals surface area contributed by atoms with Gasteiger partial charge < -0.3 is 9.29 Å². The van der Waals surface area contributed by atoms with Gasteiger partial charge in [0.15, 0.2) is 0 Å². The molecule has 1 unspecified atom stereocenters. The molecule has 0 aliphatic rings. The molecule has 1 atom stereocenters. The van der Waals surface area contributed by atoms with Crippen LogP contribution in [-0.4, -0.2) is 24.8 Å². The van der Waals surface area contributed by atoms with Crippen molar-refractivity contribution in [2.45, 2.75) is 83.8 Å². The third kappa shape index (κ3) is 9.75. The van der Waals surface area contributed by atoms with Crippen LogP contribution in [0, 0.1) is 0 Å². The van der Waals surface area contributed by atoms with Gasteiger partial charge in [0.25, 0.3) is 0 Å². The van der Waals surface area contributed by atoms with Crippen molar-refractivity contribution in [3.05, 3.63) is 29.3 Å². The van der Waals surface area contributed by atoms with Crippen molar-refractivity contribution < 1.29 is 47.3 Å². The molecule has 0 aliphatic carbocycles. The van der Waals surface area contributed by atoms with Crippen LogP contribution >= 0.6 is 0 Å². The van der Waals surface area contributed by atoms with E-state index in [0.717, 1.165) is 19.3 Å². The smallest absolute Gasteiger partial charge is 0.748 e. The molecule has 0 radical (unpaired) electrons. The molecule has 1 aromatic rings. The van der Waals surface area contributed by atoms with Crippen molar-refractivity contribution >= 4 is 10.1 Å². The molecule has 0 bridgehead atoms. The van der Waals surface area contributed by atoms with E-state index in [1.165, 1.54) is 43.2 Å². The summed E-state index contributed by atoms with van der Waals surface area (Å²) in [6, 6.07) is 6.02. The fourth-order valence-corrected chi connectivity index (χ4v) is 3.54. The summed E-state index contributed by atoms with van der Waals surface area (Å²) in [6.07, 6.45) is 9.50. The molecular weight excluding hydrogens is 359 g/mol. The van der Waals surface area contributed by atoms with Crippen LogP contribution in [0.15, 0.2) is 18.2 Å². The van der Waals surface area contributed by atoms with E-state index < -0.39 is 15.4 Å². The first-order chi connectivity index (χ1) is 11.9. The summed E-state index contributed by atoms with van der Waals surface area (Å²) in [5.41, 5.74) is 2.65. The van der Waals surface area contributed by atoms with Crippen LogP contribution in [0.25, 0.3) is 0 Å². The zero-order chi connectivity index (χ0) is 18.7. The second-order valence-corrected chi connectivity index (χ2v) is 8.33. The average Bonchev–Trinajstić information content (AvgIpc) is 2.56. The van der Waals surface area contributed by atoms with Crippen molar-refractivity contribution in [1.29, 1.82) is 0 Å². The van der Waals surface area contributed by atoms with Crippen LogP contribution in [0.3, 0.4) is 0 Å². The van der Waals surface area contributed by atoms with E-state index in [1.807, 2.05) is 12.1 Å². The first-order valence-electron chi connectivity index (χ1n) is 9.61. The molecule has 0 saturated heterocycles. The Bertz CT molecular complexity index is 602. The fraction of sp³-hybridized carbons (Fsp3) is 0.700. The molecule has 0 aromatic heterocycles. The molecule has 1 rings (SSSR count). The van der Waals surface area contributed by atoms with Crippen molar-refractivity contribution in [2.75, 3.05) is 6.61 Å². The summed E-state index contributed by atoms with van der Waals surface area (Å²) in [5.74, 6) is 0.660. The Balaban J connectivity index is 0.00000625. The fourth-order valence-electron chi connectivity index (χ4n) is 2.89. The molecule has 0 N–H and O–H groups in total. The SMILES string of the molecule is CCCCCc1ccc(OCC(CC)S(=O)(=O)[O-])cc1CCCCC.[Na+]. The van der Waals surface area contributed by atoms with Crippen LogP contribution in [0.4, 0.5) is 0 Å². The van der Waals surface area contributed by atoms with Gasteiger partial charge in [-0.3, -0.25) is 0 Å². The molecule has 4 nitrogen and oxygen atoms in total. The summed E-state index contributed by atoms with van der Waals surface area (Å²) < 4.78 is 39.2. The summed E-state index contributed by atoms with van der Waals surface area (Å²) >= 11 is 0. The maximum Gasteiger partial charge on any atom is 1.00 e. The summed E-state index contributed by atoms with van der Waals surface area (Å²) in [5, 5.41) is -0.986. The number of unbranched alkanes of at least 4 members (excludes halogenated alkanes) is 4. The van der Waals surface area contributed by atoms with Gasteiger partial charge in [-0.1, -0.05) is 52.5 Å². The van der Waals surface area contributed by atoms with Crippen LogP contribution < -0.4 is 34.3 Å². The minimum Gasteiger partial charge on any atom is -0.748 e. The monoisotopic (exact) mass is 392 g/mol. The largest absolute Gasteiger partial charge is 1.00 e. The minimum absolute atomic E-state index is 0. The van der Waals surface area contributed by atoms with E-state index in [-0.39, 0.29) is 42.6 Å². The number of benzene rings is 1. The summed E-state index contributed by atoms with van der Waals surface area (Å²) in [4.78, 5) is 0. The second kappa shape index (κ2) is 14.0. The Labute approximate surface area is 182 Å². The van der Waals surface area contributed by atoms with E-state index in [4.69, 9.17) is 4.74 Å². The van der Waals surface area contributed by atoms with Crippen LogP contribution in [0.5, 0.6) is 5.75 Å². The van der Waals surface area contributed by atoms with E-state index in [2.05, 4.69) is 19.9 Å². The van der Waals surface area contributed by atoms with Crippen LogP contribution in [0.1, 0.15) is 76.8 Å². The molecule has 0 amide bonds. The van der Waals surface area contributed by atoms with Crippen molar-refractivity contribution in [3.8, 4) is 5.75 Å². The molecule has 6 heteroatoms. The van der Waals surface area contributed by atoms with E-state index in [0.29, 0.717) is 5.75 Å². The summed E-state index contributed by atoms with van der Waals surface area (Å²) in [6.45, 7) is 6.01. The normalized spacial score (nSPS) is 12.5. The van der Waals surface area contributed by atoms with Gasteiger partial charge in [-0.05, 0) is 55.4 Å². The van der Waals surface area contributed by atoms with Gasteiger partial charge in [0.05, 0.1) is 5.25 Å². The Morgan fingerprint density at radius 3 is 2.04 bits per heavy atom. The molecule has 1 aromatic carbocycles. The quantitative estimate of drug-likeness (QED) is 0.292. The number of ether oxygens (including phenoxy) is 1. The van der Waals surface area contributed by atoms with Gasteiger partial charge in [-0.15, -0.1) is 0 Å². The molecule has 26 heavy (non-hydrogen) atoms. The third-order valence-electron chi connectivity index (χ3n) is 4.58. The maximum atomic E-state index is 11.2. The van der Waals surface area contributed by atoms with Crippen molar-refractivity contribution in [3.63, 3.8) is 0 Å². The van der Waals surface area contributed by atoms with Crippen molar-refractivity contribution in [2.24, 2.45) is 0 Å². The molecule has 0 aliphatic heterocycles. The number of aryl methyl sites for hydroxylation is 2. The first kappa shape index (κ1) is 25.9. The zero-order valence-corrected chi connectivity index (χ0v) is 19.7. The van der Waals surface area contributed by atoms with Gasteiger partial charge in [-0.2, -0.15) is 0 Å². The Morgan fingerprint density at radius 2 is 1.54 bits per heavy atom. The molecule has 0 fully saturated rings. The molecule has 144 valence electrons. The molecule has 0 saturated carbocycles. The Morgan fingerprint density at radius 1 is 0.962 bits per heavy atom. The number of rotatable bonds is 13. The average molecular weight is 393 g/mol. The van der Waals surface area contributed by atoms with E-state index in [1.54, 1.807) is 6.92 Å². The van der Waals surface area contributed by atoms with Gasteiger partial charge in [0.2, 0.25) is 0 Å². The van der Waals surface area contributed by atoms with E-state index >= 15 is 0 Å². The maximum absolute atomic E-state index is 11.2.